The number of nitrogens with one attached hydrogen (secondary N) is 1. The second kappa shape index (κ2) is 7.51. The van der Waals surface area contributed by atoms with Crippen molar-refractivity contribution in [2.75, 3.05) is 13.8 Å². The first-order valence-electron chi connectivity index (χ1n) is 9.62. The fraction of sp³-hybridized carbons (Fsp3) is 0.409. The zero-order valence-corrected chi connectivity index (χ0v) is 16.0. The van der Waals surface area contributed by atoms with Crippen molar-refractivity contribution in [3.63, 3.8) is 0 Å². The summed E-state index contributed by atoms with van der Waals surface area (Å²) < 4.78 is 10.7. The van der Waals surface area contributed by atoms with E-state index in [1.807, 2.05) is 25.1 Å². The number of fused-ring (bicyclic) bond motifs is 2. The van der Waals surface area contributed by atoms with Gasteiger partial charge in [-0.1, -0.05) is 24.3 Å². The van der Waals surface area contributed by atoms with Gasteiger partial charge in [-0.3, -0.25) is 0 Å². The summed E-state index contributed by atoms with van der Waals surface area (Å²) in [6.45, 7) is 2.81. The Bertz CT molecular complexity index is 849. The van der Waals surface area contributed by atoms with Crippen LogP contribution in [0.4, 0.5) is 4.79 Å². The molecule has 5 nitrogen and oxygen atoms in total. The Balaban J connectivity index is 1.37. The largest absolute Gasteiger partial charge is 0.454 e. The van der Waals surface area contributed by atoms with Crippen LogP contribution in [-0.2, 0) is 19.4 Å². The van der Waals surface area contributed by atoms with E-state index in [1.54, 1.807) is 11.9 Å². The van der Waals surface area contributed by atoms with Gasteiger partial charge in [-0.15, -0.1) is 0 Å². The minimum Gasteiger partial charge on any atom is -0.454 e. The second-order valence-corrected chi connectivity index (χ2v) is 7.45. The molecule has 0 radical (unpaired) electrons. The molecule has 2 amide bonds. The molecule has 0 saturated carbocycles. The van der Waals surface area contributed by atoms with Crippen LogP contribution in [-0.4, -0.2) is 24.8 Å². The Labute approximate surface area is 160 Å². The third-order valence-electron chi connectivity index (χ3n) is 5.42. The van der Waals surface area contributed by atoms with Crippen molar-refractivity contribution in [1.29, 1.82) is 0 Å². The van der Waals surface area contributed by atoms with Gasteiger partial charge in [0.25, 0.3) is 0 Å². The molecule has 0 bridgehead atoms. The standard InChI is InChI=1S/C22H26N2O3/c1-15(18-9-8-17-5-3-4-6-19(17)12-18)23-22(25)24(2)13-16-7-10-20-21(11-16)27-14-26-20/h7-12,15H,3-6,13-14H2,1-2H3,(H,23,25). The molecule has 2 aromatic rings. The van der Waals surface area contributed by atoms with Crippen LogP contribution >= 0.6 is 0 Å². The van der Waals surface area contributed by atoms with Gasteiger partial charge in [-0.2, -0.15) is 0 Å². The Morgan fingerprint density at radius 2 is 1.85 bits per heavy atom. The third kappa shape index (κ3) is 3.87. The molecule has 0 fully saturated rings. The molecular weight excluding hydrogens is 340 g/mol. The molecule has 2 aromatic carbocycles. The van der Waals surface area contributed by atoms with Gasteiger partial charge in [-0.25, -0.2) is 4.79 Å². The van der Waals surface area contributed by atoms with Crippen LogP contribution in [0.2, 0.25) is 0 Å². The highest BCUT2D eigenvalue weighted by Crippen LogP contribution is 2.32. The first kappa shape index (κ1) is 17.7. The zero-order valence-electron chi connectivity index (χ0n) is 16.0. The summed E-state index contributed by atoms with van der Waals surface area (Å²) in [5.41, 5.74) is 5.08. The number of hydrogen-bond donors (Lipinski definition) is 1. The van der Waals surface area contributed by atoms with Crippen LogP contribution in [0, 0.1) is 0 Å². The lowest BCUT2D eigenvalue weighted by atomic mass is 9.89. The van der Waals surface area contributed by atoms with E-state index >= 15 is 0 Å². The van der Waals surface area contributed by atoms with E-state index in [9.17, 15) is 4.79 Å². The molecule has 142 valence electrons. The molecule has 1 heterocycles. The lowest BCUT2D eigenvalue weighted by molar-refractivity contribution is 0.174. The highest BCUT2D eigenvalue weighted by Gasteiger charge is 2.18. The average molecular weight is 366 g/mol. The van der Waals surface area contributed by atoms with E-state index in [1.165, 1.54) is 36.0 Å². The monoisotopic (exact) mass is 366 g/mol. The maximum atomic E-state index is 12.6. The molecule has 27 heavy (non-hydrogen) atoms. The predicted octanol–water partition coefficient (Wildman–Crippen LogP) is 4.20. The molecule has 0 saturated heterocycles. The lowest BCUT2D eigenvalue weighted by Gasteiger charge is -2.23. The van der Waals surface area contributed by atoms with Crippen LogP contribution in [0.3, 0.4) is 0 Å². The Hall–Kier alpha value is -2.69. The summed E-state index contributed by atoms with van der Waals surface area (Å²) in [6.07, 6.45) is 4.86. The Morgan fingerprint density at radius 3 is 2.70 bits per heavy atom. The van der Waals surface area contributed by atoms with Crippen LogP contribution in [0.15, 0.2) is 36.4 Å². The van der Waals surface area contributed by atoms with Gasteiger partial charge in [0.15, 0.2) is 11.5 Å². The van der Waals surface area contributed by atoms with Gasteiger partial charge in [0.05, 0.1) is 6.04 Å². The summed E-state index contributed by atoms with van der Waals surface area (Å²) in [6, 6.07) is 12.3. The molecule has 1 atom stereocenters. The van der Waals surface area contributed by atoms with Gasteiger partial charge in [0.2, 0.25) is 6.79 Å². The molecule has 0 spiro atoms. The number of ether oxygens (including phenoxy) is 2. The Morgan fingerprint density at radius 1 is 1.07 bits per heavy atom. The summed E-state index contributed by atoms with van der Waals surface area (Å²) in [5.74, 6) is 1.50. The fourth-order valence-corrected chi connectivity index (χ4v) is 3.79. The zero-order chi connectivity index (χ0) is 18.8. The fourth-order valence-electron chi connectivity index (χ4n) is 3.79. The summed E-state index contributed by atoms with van der Waals surface area (Å²) in [5, 5.41) is 3.11. The van der Waals surface area contributed by atoms with E-state index < -0.39 is 0 Å². The van der Waals surface area contributed by atoms with Crippen molar-refractivity contribution < 1.29 is 14.3 Å². The van der Waals surface area contributed by atoms with E-state index in [0.717, 1.165) is 23.5 Å². The molecule has 1 N–H and O–H groups in total. The molecule has 1 unspecified atom stereocenters. The number of amides is 2. The smallest absolute Gasteiger partial charge is 0.317 e. The predicted molar refractivity (Wildman–Crippen MR) is 104 cm³/mol. The minimum atomic E-state index is -0.0853. The number of hydrogen-bond acceptors (Lipinski definition) is 3. The summed E-state index contributed by atoms with van der Waals surface area (Å²) >= 11 is 0. The van der Waals surface area contributed by atoms with E-state index in [2.05, 4.69) is 23.5 Å². The van der Waals surface area contributed by atoms with E-state index in [-0.39, 0.29) is 18.9 Å². The maximum absolute atomic E-state index is 12.6. The van der Waals surface area contributed by atoms with Gasteiger partial charge in [0, 0.05) is 13.6 Å². The number of benzene rings is 2. The molecule has 1 aliphatic carbocycles. The minimum absolute atomic E-state index is 0.0241. The molecule has 4 rings (SSSR count). The SMILES string of the molecule is CC(NC(=O)N(C)Cc1ccc2c(c1)OCO2)c1ccc2c(c1)CCCC2. The summed E-state index contributed by atoms with van der Waals surface area (Å²) in [7, 11) is 1.81. The van der Waals surface area contributed by atoms with Crippen LogP contribution in [0.5, 0.6) is 11.5 Å². The molecule has 5 heteroatoms. The number of rotatable bonds is 4. The molecule has 1 aliphatic heterocycles. The average Bonchev–Trinajstić information content (AvgIpc) is 3.15. The van der Waals surface area contributed by atoms with Gasteiger partial charge in [0.1, 0.15) is 0 Å². The van der Waals surface area contributed by atoms with Crippen molar-refractivity contribution in [2.45, 2.75) is 45.2 Å². The molecule has 0 aromatic heterocycles. The highest BCUT2D eigenvalue weighted by molar-refractivity contribution is 5.74. The maximum Gasteiger partial charge on any atom is 0.317 e. The Kier molecular flexibility index (Phi) is 4.92. The van der Waals surface area contributed by atoms with Crippen molar-refractivity contribution in [3.05, 3.63) is 58.7 Å². The van der Waals surface area contributed by atoms with Crippen molar-refractivity contribution in [1.82, 2.24) is 10.2 Å². The van der Waals surface area contributed by atoms with Gasteiger partial charge < -0.3 is 19.7 Å². The van der Waals surface area contributed by atoms with Gasteiger partial charge in [-0.05, 0) is 67.0 Å². The highest BCUT2D eigenvalue weighted by atomic mass is 16.7. The molecular formula is C22H26N2O3. The number of aryl methyl sites for hydroxylation is 2. The topological polar surface area (TPSA) is 50.8 Å². The van der Waals surface area contributed by atoms with Crippen LogP contribution in [0.25, 0.3) is 0 Å². The normalized spacial score (nSPS) is 15.8. The second-order valence-electron chi connectivity index (χ2n) is 7.45. The van der Waals surface area contributed by atoms with Crippen molar-refractivity contribution in [2.24, 2.45) is 0 Å². The molecule has 2 aliphatic rings. The van der Waals surface area contributed by atoms with Crippen molar-refractivity contribution >= 4 is 6.03 Å². The number of nitrogens with zero attached hydrogens (tertiary/aromatic N) is 1. The van der Waals surface area contributed by atoms with E-state index in [0.29, 0.717) is 6.54 Å². The van der Waals surface area contributed by atoms with Crippen molar-refractivity contribution in [3.8, 4) is 11.5 Å². The summed E-state index contributed by atoms with van der Waals surface area (Å²) in [4.78, 5) is 14.3. The first-order valence-corrected chi connectivity index (χ1v) is 9.62. The lowest BCUT2D eigenvalue weighted by Crippen LogP contribution is -2.38. The number of carbonyl (C=O) groups is 1. The third-order valence-corrected chi connectivity index (χ3v) is 5.42. The van der Waals surface area contributed by atoms with Crippen LogP contribution in [0.1, 0.15) is 48.1 Å². The van der Waals surface area contributed by atoms with E-state index in [4.69, 9.17) is 9.47 Å². The number of carbonyl (C=O) groups excluding carboxylic acids is 1. The number of urea groups is 1. The quantitative estimate of drug-likeness (QED) is 0.882. The van der Waals surface area contributed by atoms with Gasteiger partial charge >= 0.3 is 6.03 Å². The van der Waals surface area contributed by atoms with Crippen LogP contribution < -0.4 is 14.8 Å². The first-order chi connectivity index (χ1) is 13.1.